The summed E-state index contributed by atoms with van der Waals surface area (Å²) in [5, 5.41) is 3.74. The Morgan fingerprint density at radius 2 is 2.00 bits per heavy atom. The first-order chi connectivity index (χ1) is 11.2. The quantitative estimate of drug-likeness (QED) is 0.786. The summed E-state index contributed by atoms with van der Waals surface area (Å²) < 4.78 is 10.7. The summed E-state index contributed by atoms with van der Waals surface area (Å²) in [5.74, 6) is 1.08. The molecule has 2 aromatic carbocycles. The number of methoxy groups -OCH3 is 1. The van der Waals surface area contributed by atoms with Crippen LogP contribution in [0.25, 0.3) is 10.9 Å². The van der Waals surface area contributed by atoms with E-state index in [-0.39, 0.29) is 12.5 Å². The topological polar surface area (TPSA) is 60.5 Å². The molecule has 0 fully saturated rings. The second-order valence-electron chi connectivity index (χ2n) is 4.93. The lowest BCUT2D eigenvalue weighted by atomic mass is 10.2. The Morgan fingerprint density at radius 1 is 1.09 bits per heavy atom. The number of amides is 1. The molecule has 0 aliphatic carbocycles. The smallest absolute Gasteiger partial charge is 0.262 e. The van der Waals surface area contributed by atoms with E-state index in [0.29, 0.717) is 17.2 Å². The van der Waals surface area contributed by atoms with Crippen molar-refractivity contribution in [1.82, 2.24) is 4.98 Å². The first kappa shape index (κ1) is 14.8. The van der Waals surface area contributed by atoms with Crippen molar-refractivity contribution < 1.29 is 14.3 Å². The first-order valence-corrected chi connectivity index (χ1v) is 7.16. The van der Waals surface area contributed by atoms with E-state index in [1.165, 1.54) is 0 Å². The van der Waals surface area contributed by atoms with Gasteiger partial charge in [-0.2, -0.15) is 0 Å². The van der Waals surface area contributed by atoms with Crippen molar-refractivity contribution in [1.29, 1.82) is 0 Å². The summed E-state index contributed by atoms with van der Waals surface area (Å²) >= 11 is 0. The molecular formula is C18H16N2O3. The van der Waals surface area contributed by atoms with Crippen molar-refractivity contribution in [3.8, 4) is 11.5 Å². The zero-order valence-corrected chi connectivity index (χ0v) is 12.7. The molecule has 5 nitrogen and oxygen atoms in total. The Kier molecular flexibility index (Phi) is 4.38. The number of carbonyl (C=O) groups excluding carboxylic acids is 1. The van der Waals surface area contributed by atoms with Crippen LogP contribution in [0.2, 0.25) is 0 Å². The van der Waals surface area contributed by atoms with Crippen LogP contribution in [-0.4, -0.2) is 24.6 Å². The monoisotopic (exact) mass is 308 g/mol. The van der Waals surface area contributed by atoms with Gasteiger partial charge >= 0.3 is 0 Å². The number of aromatic nitrogens is 1. The fraction of sp³-hybridized carbons (Fsp3) is 0.111. The van der Waals surface area contributed by atoms with Gasteiger partial charge in [0.2, 0.25) is 0 Å². The summed E-state index contributed by atoms with van der Waals surface area (Å²) in [6.45, 7) is -0.0665. The maximum Gasteiger partial charge on any atom is 0.262 e. The van der Waals surface area contributed by atoms with Crippen LogP contribution in [0.1, 0.15) is 0 Å². The highest BCUT2D eigenvalue weighted by atomic mass is 16.5. The molecule has 1 aromatic heterocycles. The summed E-state index contributed by atoms with van der Waals surface area (Å²) in [5.41, 5.74) is 1.56. The molecule has 116 valence electrons. The van der Waals surface area contributed by atoms with Crippen molar-refractivity contribution in [2.24, 2.45) is 0 Å². The number of fused-ring (bicyclic) bond motifs is 1. The summed E-state index contributed by atoms with van der Waals surface area (Å²) in [7, 11) is 1.58. The van der Waals surface area contributed by atoms with Crippen LogP contribution in [0.3, 0.4) is 0 Å². The molecule has 1 heterocycles. The molecule has 5 heteroatoms. The number of ether oxygens (including phenoxy) is 2. The molecule has 0 saturated heterocycles. The highest BCUT2D eigenvalue weighted by Crippen LogP contribution is 2.19. The number of anilines is 1. The van der Waals surface area contributed by atoms with Crippen molar-refractivity contribution >= 4 is 22.5 Å². The Morgan fingerprint density at radius 3 is 2.87 bits per heavy atom. The second-order valence-corrected chi connectivity index (χ2v) is 4.93. The number of hydrogen-bond acceptors (Lipinski definition) is 4. The van der Waals surface area contributed by atoms with Crippen LogP contribution in [0.5, 0.6) is 11.5 Å². The molecular weight excluding hydrogens is 292 g/mol. The van der Waals surface area contributed by atoms with Crippen molar-refractivity contribution in [3.63, 3.8) is 0 Å². The number of hydrogen-bond donors (Lipinski definition) is 1. The van der Waals surface area contributed by atoms with Gasteiger partial charge in [0.15, 0.2) is 6.61 Å². The van der Waals surface area contributed by atoms with Gasteiger partial charge in [-0.3, -0.25) is 9.78 Å². The number of benzene rings is 2. The van der Waals surface area contributed by atoms with Gasteiger partial charge in [-0.25, -0.2) is 0 Å². The van der Waals surface area contributed by atoms with Crippen LogP contribution >= 0.6 is 0 Å². The molecule has 0 aliphatic heterocycles. The van der Waals surface area contributed by atoms with E-state index in [4.69, 9.17) is 9.47 Å². The van der Waals surface area contributed by atoms with E-state index in [1.807, 2.05) is 36.4 Å². The average Bonchev–Trinajstić information content (AvgIpc) is 2.60. The van der Waals surface area contributed by atoms with Crippen LogP contribution in [0.4, 0.5) is 5.69 Å². The molecule has 3 aromatic rings. The summed E-state index contributed by atoms with van der Waals surface area (Å²) in [4.78, 5) is 16.2. The van der Waals surface area contributed by atoms with Gasteiger partial charge < -0.3 is 14.8 Å². The van der Waals surface area contributed by atoms with Gasteiger partial charge in [-0.1, -0.05) is 12.1 Å². The molecule has 1 N–H and O–H groups in total. The average molecular weight is 308 g/mol. The normalized spacial score (nSPS) is 10.3. The minimum atomic E-state index is -0.232. The van der Waals surface area contributed by atoms with Gasteiger partial charge in [0.25, 0.3) is 5.91 Å². The Bertz CT molecular complexity index is 833. The molecule has 0 saturated carbocycles. The lowest BCUT2D eigenvalue weighted by Gasteiger charge is -2.09. The molecule has 0 unspecified atom stereocenters. The molecule has 0 radical (unpaired) electrons. The number of carbonyl (C=O) groups is 1. The number of pyridine rings is 1. The third-order valence-corrected chi connectivity index (χ3v) is 3.30. The molecule has 0 atom stereocenters. The third-order valence-electron chi connectivity index (χ3n) is 3.30. The van der Waals surface area contributed by atoms with Crippen LogP contribution < -0.4 is 14.8 Å². The fourth-order valence-corrected chi connectivity index (χ4v) is 2.19. The zero-order chi connectivity index (χ0) is 16.1. The molecule has 0 spiro atoms. The molecule has 1 amide bonds. The second kappa shape index (κ2) is 6.79. The van der Waals surface area contributed by atoms with Crippen molar-refractivity contribution in [2.45, 2.75) is 0 Å². The van der Waals surface area contributed by atoms with Crippen LogP contribution in [0.15, 0.2) is 60.8 Å². The van der Waals surface area contributed by atoms with Gasteiger partial charge in [0, 0.05) is 23.3 Å². The third kappa shape index (κ3) is 3.77. The first-order valence-electron chi connectivity index (χ1n) is 7.16. The number of rotatable bonds is 5. The predicted molar refractivity (Wildman–Crippen MR) is 88.9 cm³/mol. The van der Waals surface area contributed by atoms with E-state index in [1.54, 1.807) is 31.5 Å². The van der Waals surface area contributed by atoms with Crippen LogP contribution in [0, 0.1) is 0 Å². The van der Waals surface area contributed by atoms with Gasteiger partial charge in [-0.15, -0.1) is 0 Å². The van der Waals surface area contributed by atoms with Gasteiger partial charge in [0.1, 0.15) is 11.5 Å². The summed E-state index contributed by atoms with van der Waals surface area (Å²) in [6.07, 6.45) is 1.74. The van der Waals surface area contributed by atoms with E-state index >= 15 is 0 Å². The minimum absolute atomic E-state index is 0.0665. The van der Waals surface area contributed by atoms with E-state index in [0.717, 1.165) is 10.9 Å². The van der Waals surface area contributed by atoms with Crippen molar-refractivity contribution in [2.75, 3.05) is 19.0 Å². The maximum absolute atomic E-state index is 12.0. The SMILES string of the molecule is COc1cccc(NC(=O)COc2ccc3ncccc3c2)c1. The molecule has 0 bridgehead atoms. The minimum Gasteiger partial charge on any atom is -0.497 e. The molecule has 0 aliphatic rings. The standard InChI is InChI=1S/C18H16N2O3/c1-22-15-6-2-5-14(11-15)20-18(21)12-23-16-7-8-17-13(10-16)4-3-9-19-17/h2-11H,12H2,1H3,(H,20,21). The van der Waals surface area contributed by atoms with E-state index < -0.39 is 0 Å². The molecule has 3 rings (SSSR count). The lowest BCUT2D eigenvalue weighted by Crippen LogP contribution is -2.20. The van der Waals surface area contributed by atoms with Gasteiger partial charge in [-0.05, 0) is 36.4 Å². The largest absolute Gasteiger partial charge is 0.497 e. The Balaban J connectivity index is 1.61. The van der Waals surface area contributed by atoms with Gasteiger partial charge in [0.05, 0.1) is 12.6 Å². The van der Waals surface area contributed by atoms with Crippen LogP contribution in [-0.2, 0) is 4.79 Å². The summed E-state index contributed by atoms with van der Waals surface area (Å²) in [6, 6.07) is 16.5. The highest BCUT2D eigenvalue weighted by Gasteiger charge is 2.05. The van der Waals surface area contributed by atoms with E-state index in [9.17, 15) is 4.79 Å². The number of nitrogens with one attached hydrogen (secondary N) is 1. The Hall–Kier alpha value is -3.08. The Labute approximate surface area is 133 Å². The zero-order valence-electron chi connectivity index (χ0n) is 12.7. The molecule has 23 heavy (non-hydrogen) atoms. The lowest BCUT2D eigenvalue weighted by molar-refractivity contribution is -0.118. The number of nitrogens with zero attached hydrogens (tertiary/aromatic N) is 1. The van der Waals surface area contributed by atoms with Crippen molar-refractivity contribution in [3.05, 3.63) is 60.8 Å². The highest BCUT2D eigenvalue weighted by molar-refractivity contribution is 5.92. The predicted octanol–water partition coefficient (Wildman–Crippen LogP) is 3.26. The van der Waals surface area contributed by atoms with E-state index in [2.05, 4.69) is 10.3 Å². The maximum atomic E-state index is 12.0. The fourth-order valence-electron chi connectivity index (χ4n) is 2.19.